The Morgan fingerprint density at radius 3 is 2.87 bits per heavy atom. The summed E-state index contributed by atoms with van der Waals surface area (Å²) < 4.78 is 6.53. The number of ether oxygens (including phenoxy) is 1. The van der Waals surface area contributed by atoms with Crippen molar-refractivity contribution in [3.63, 3.8) is 0 Å². The van der Waals surface area contributed by atoms with Crippen LogP contribution >= 0.6 is 11.3 Å². The zero-order valence-electron chi connectivity index (χ0n) is 12.9. The number of methoxy groups -OCH3 is 1. The van der Waals surface area contributed by atoms with Crippen molar-refractivity contribution in [1.82, 2.24) is 9.97 Å². The van der Waals surface area contributed by atoms with E-state index in [0.29, 0.717) is 0 Å². The third-order valence-corrected chi connectivity index (χ3v) is 4.87. The van der Waals surface area contributed by atoms with Crippen LogP contribution < -0.4 is 9.64 Å². The van der Waals surface area contributed by atoms with Gasteiger partial charge >= 0.3 is 0 Å². The fourth-order valence-electron chi connectivity index (χ4n) is 2.77. The second-order valence-corrected chi connectivity index (χ2v) is 6.17. The molecular formula is C18H15N3OS. The van der Waals surface area contributed by atoms with Crippen LogP contribution in [0, 0.1) is 0 Å². The molecule has 2 heterocycles. The number of aromatic nitrogens is 2. The molecule has 0 spiro atoms. The standard InChI is InChI=1S/C18H15N3OS/c1-21(18-17-15(8-9-23-17)19-11-20-18)13-6-7-14-12(10-13)4-3-5-16(14)22-2/h3-11H,1-2H3. The van der Waals surface area contributed by atoms with Gasteiger partial charge < -0.3 is 9.64 Å². The van der Waals surface area contributed by atoms with Crippen molar-refractivity contribution < 1.29 is 4.74 Å². The molecule has 114 valence electrons. The first kappa shape index (κ1) is 14.0. The molecular weight excluding hydrogens is 306 g/mol. The van der Waals surface area contributed by atoms with Crippen LogP contribution in [0.5, 0.6) is 5.75 Å². The normalized spacial score (nSPS) is 11.0. The lowest BCUT2D eigenvalue weighted by Gasteiger charge is -2.19. The zero-order chi connectivity index (χ0) is 15.8. The van der Waals surface area contributed by atoms with Crippen LogP contribution in [0.3, 0.4) is 0 Å². The Labute approximate surface area is 138 Å². The van der Waals surface area contributed by atoms with E-state index in [0.717, 1.165) is 38.2 Å². The second-order valence-electron chi connectivity index (χ2n) is 5.26. The van der Waals surface area contributed by atoms with Crippen LogP contribution in [0.25, 0.3) is 21.0 Å². The number of hydrogen-bond donors (Lipinski definition) is 0. The Kier molecular flexibility index (Phi) is 3.35. The molecule has 0 bridgehead atoms. The van der Waals surface area contributed by atoms with E-state index in [4.69, 9.17) is 4.74 Å². The van der Waals surface area contributed by atoms with E-state index in [1.165, 1.54) is 0 Å². The number of benzene rings is 2. The van der Waals surface area contributed by atoms with Crippen molar-refractivity contribution in [3.05, 3.63) is 54.2 Å². The maximum Gasteiger partial charge on any atom is 0.154 e. The van der Waals surface area contributed by atoms with Gasteiger partial charge in [0.15, 0.2) is 5.82 Å². The van der Waals surface area contributed by atoms with Gasteiger partial charge in [0.1, 0.15) is 12.1 Å². The molecule has 0 aliphatic rings. The Morgan fingerprint density at radius 1 is 1.09 bits per heavy atom. The minimum Gasteiger partial charge on any atom is -0.496 e. The van der Waals surface area contributed by atoms with Crippen molar-refractivity contribution >= 4 is 43.8 Å². The average molecular weight is 321 g/mol. The van der Waals surface area contributed by atoms with Crippen LogP contribution in [0.1, 0.15) is 0 Å². The maximum atomic E-state index is 5.43. The van der Waals surface area contributed by atoms with Crippen molar-refractivity contribution in [2.45, 2.75) is 0 Å². The van der Waals surface area contributed by atoms with Crippen LogP contribution in [-0.4, -0.2) is 24.1 Å². The average Bonchev–Trinajstić information content (AvgIpc) is 3.08. The van der Waals surface area contributed by atoms with Crippen LogP contribution in [0.15, 0.2) is 54.2 Å². The molecule has 0 unspecified atom stereocenters. The maximum absolute atomic E-state index is 5.43. The Balaban J connectivity index is 1.84. The summed E-state index contributed by atoms with van der Waals surface area (Å²) in [5.74, 6) is 1.81. The lowest BCUT2D eigenvalue weighted by molar-refractivity contribution is 0.420. The highest BCUT2D eigenvalue weighted by atomic mass is 32.1. The molecule has 0 aliphatic heterocycles. The van der Waals surface area contributed by atoms with Gasteiger partial charge in [0.25, 0.3) is 0 Å². The van der Waals surface area contributed by atoms with E-state index in [1.807, 2.05) is 30.6 Å². The summed E-state index contributed by atoms with van der Waals surface area (Å²) in [4.78, 5) is 10.9. The predicted octanol–water partition coefficient (Wildman–Crippen LogP) is 4.62. The first-order chi connectivity index (χ1) is 11.3. The molecule has 0 N–H and O–H groups in total. The van der Waals surface area contributed by atoms with E-state index < -0.39 is 0 Å². The van der Waals surface area contributed by atoms with Crippen LogP contribution in [0.2, 0.25) is 0 Å². The van der Waals surface area contributed by atoms with Gasteiger partial charge in [0.2, 0.25) is 0 Å². The van der Waals surface area contributed by atoms with Gasteiger partial charge in [0, 0.05) is 18.1 Å². The van der Waals surface area contributed by atoms with Crippen LogP contribution in [0.4, 0.5) is 11.5 Å². The second kappa shape index (κ2) is 5.52. The van der Waals surface area contributed by atoms with Gasteiger partial charge in [-0.25, -0.2) is 9.97 Å². The van der Waals surface area contributed by atoms with Crippen molar-refractivity contribution in [1.29, 1.82) is 0 Å². The summed E-state index contributed by atoms with van der Waals surface area (Å²) in [5, 5.41) is 4.29. The summed E-state index contributed by atoms with van der Waals surface area (Å²) in [7, 11) is 3.73. The largest absolute Gasteiger partial charge is 0.496 e. The summed E-state index contributed by atoms with van der Waals surface area (Å²) in [5.41, 5.74) is 2.06. The Hall–Kier alpha value is -2.66. The third kappa shape index (κ3) is 2.29. The number of thiophene rings is 1. The van der Waals surface area contributed by atoms with Gasteiger partial charge in [-0.3, -0.25) is 0 Å². The predicted molar refractivity (Wildman–Crippen MR) is 96.0 cm³/mol. The third-order valence-electron chi connectivity index (χ3n) is 3.97. The minimum absolute atomic E-state index is 0.888. The molecule has 23 heavy (non-hydrogen) atoms. The highest BCUT2D eigenvalue weighted by molar-refractivity contribution is 7.17. The smallest absolute Gasteiger partial charge is 0.154 e. The van der Waals surface area contributed by atoms with E-state index in [-0.39, 0.29) is 0 Å². The Bertz CT molecular complexity index is 996. The van der Waals surface area contributed by atoms with Gasteiger partial charge in [-0.15, -0.1) is 11.3 Å². The highest BCUT2D eigenvalue weighted by Crippen LogP contribution is 2.34. The molecule has 4 nitrogen and oxygen atoms in total. The van der Waals surface area contributed by atoms with Crippen LogP contribution in [-0.2, 0) is 0 Å². The van der Waals surface area contributed by atoms with E-state index in [9.17, 15) is 0 Å². The number of nitrogens with zero attached hydrogens (tertiary/aromatic N) is 3. The molecule has 2 aromatic heterocycles. The van der Waals surface area contributed by atoms with Gasteiger partial charge in [-0.2, -0.15) is 0 Å². The SMILES string of the molecule is COc1cccc2cc(N(C)c3ncnc4ccsc34)ccc12. The number of fused-ring (bicyclic) bond motifs is 2. The molecule has 0 saturated carbocycles. The van der Waals surface area contributed by atoms with Gasteiger partial charge in [-0.1, -0.05) is 12.1 Å². The summed E-state index contributed by atoms with van der Waals surface area (Å²) in [6.45, 7) is 0. The monoisotopic (exact) mass is 321 g/mol. The van der Waals surface area contributed by atoms with Crippen molar-refractivity contribution in [3.8, 4) is 5.75 Å². The van der Waals surface area contributed by atoms with E-state index in [1.54, 1.807) is 24.8 Å². The molecule has 0 aliphatic carbocycles. The van der Waals surface area contributed by atoms with E-state index in [2.05, 4.69) is 39.1 Å². The lowest BCUT2D eigenvalue weighted by Crippen LogP contribution is -2.11. The summed E-state index contributed by atoms with van der Waals surface area (Å²) in [6.07, 6.45) is 1.62. The molecule has 2 aromatic carbocycles. The number of rotatable bonds is 3. The molecule has 0 amide bonds. The number of anilines is 2. The fourth-order valence-corrected chi connectivity index (χ4v) is 3.63. The first-order valence-electron chi connectivity index (χ1n) is 7.26. The van der Waals surface area contributed by atoms with E-state index >= 15 is 0 Å². The summed E-state index contributed by atoms with van der Waals surface area (Å²) in [6, 6.07) is 14.4. The first-order valence-corrected chi connectivity index (χ1v) is 8.14. The van der Waals surface area contributed by atoms with Gasteiger partial charge in [0.05, 0.1) is 17.3 Å². The fraction of sp³-hybridized carbons (Fsp3) is 0.111. The van der Waals surface area contributed by atoms with Gasteiger partial charge in [-0.05, 0) is 41.1 Å². The highest BCUT2D eigenvalue weighted by Gasteiger charge is 2.12. The molecule has 0 atom stereocenters. The molecule has 0 saturated heterocycles. The quantitative estimate of drug-likeness (QED) is 0.552. The molecule has 5 heteroatoms. The van der Waals surface area contributed by atoms with Crippen molar-refractivity contribution in [2.24, 2.45) is 0 Å². The topological polar surface area (TPSA) is 38.2 Å². The summed E-state index contributed by atoms with van der Waals surface area (Å²) >= 11 is 1.66. The molecule has 0 fully saturated rings. The zero-order valence-corrected chi connectivity index (χ0v) is 13.7. The molecule has 0 radical (unpaired) electrons. The Morgan fingerprint density at radius 2 is 2.00 bits per heavy atom. The lowest BCUT2D eigenvalue weighted by atomic mass is 10.1. The molecule has 4 aromatic rings. The molecule has 4 rings (SSSR count). The van der Waals surface area contributed by atoms with Crippen molar-refractivity contribution in [2.75, 3.05) is 19.1 Å². The number of hydrogen-bond acceptors (Lipinski definition) is 5. The minimum atomic E-state index is 0.888.